The molecular formula is C17H15ClF2N4O2. The summed E-state index contributed by atoms with van der Waals surface area (Å²) in [6, 6.07) is 10.3. The van der Waals surface area contributed by atoms with Crippen molar-refractivity contribution in [2.45, 2.75) is 18.5 Å². The van der Waals surface area contributed by atoms with Crippen molar-refractivity contribution in [3.63, 3.8) is 0 Å². The van der Waals surface area contributed by atoms with Gasteiger partial charge in [-0.2, -0.15) is 0 Å². The van der Waals surface area contributed by atoms with Gasteiger partial charge in [0.1, 0.15) is 6.04 Å². The van der Waals surface area contributed by atoms with E-state index in [2.05, 4.69) is 21.7 Å². The van der Waals surface area contributed by atoms with E-state index in [4.69, 9.17) is 11.6 Å². The summed E-state index contributed by atoms with van der Waals surface area (Å²) in [5.74, 6) is -3.71. The quantitative estimate of drug-likeness (QED) is 0.485. The van der Waals surface area contributed by atoms with E-state index in [1.54, 1.807) is 0 Å². The topological polar surface area (TPSA) is 82.3 Å². The summed E-state index contributed by atoms with van der Waals surface area (Å²) in [4.78, 5) is 24.2. The maximum atomic E-state index is 13.2. The lowest BCUT2D eigenvalue weighted by molar-refractivity contribution is -0.123. The maximum absolute atomic E-state index is 13.2. The molecule has 2 atom stereocenters. The van der Waals surface area contributed by atoms with Crippen LogP contribution in [0.5, 0.6) is 0 Å². The monoisotopic (exact) mass is 380 g/mol. The van der Waals surface area contributed by atoms with Crippen molar-refractivity contribution < 1.29 is 18.4 Å². The third-order valence-corrected chi connectivity index (χ3v) is 4.29. The Labute approximate surface area is 152 Å². The molecule has 0 radical (unpaired) electrons. The molecule has 2 aromatic rings. The van der Waals surface area contributed by atoms with E-state index in [1.807, 2.05) is 30.3 Å². The molecule has 1 aliphatic rings. The second kappa shape index (κ2) is 7.77. The number of halogens is 3. The number of nitrogens with one attached hydrogen (secondary N) is 4. The summed E-state index contributed by atoms with van der Waals surface area (Å²) < 4.78 is 26.3. The van der Waals surface area contributed by atoms with Crippen LogP contribution in [0.15, 0.2) is 42.5 Å². The SMILES string of the molecule is O=C(NNC(=O)C1CC(c2ccccc2)NN1)c1cc(F)c(F)cc1Cl. The average Bonchev–Trinajstić information content (AvgIpc) is 3.13. The molecule has 4 N–H and O–H groups in total. The molecule has 3 rings (SSSR count). The van der Waals surface area contributed by atoms with E-state index >= 15 is 0 Å². The lowest BCUT2D eigenvalue weighted by Crippen LogP contribution is -2.50. The normalized spacial score (nSPS) is 19.2. The number of hydrogen-bond donors (Lipinski definition) is 4. The molecule has 1 aliphatic heterocycles. The van der Waals surface area contributed by atoms with Crippen molar-refractivity contribution in [1.29, 1.82) is 0 Å². The van der Waals surface area contributed by atoms with E-state index < -0.39 is 29.5 Å². The summed E-state index contributed by atoms with van der Waals surface area (Å²) >= 11 is 5.72. The van der Waals surface area contributed by atoms with Gasteiger partial charge in [-0.05, 0) is 24.1 Å². The summed E-state index contributed by atoms with van der Waals surface area (Å²) in [7, 11) is 0. The standard InChI is InChI=1S/C17H15ClF2N4O2/c18-11-7-13(20)12(19)6-10(11)16(25)23-24-17(26)15-8-14(21-22-15)9-4-2-1-3-5-9/h1-7,14-15,21-22H,8H2,(H,23,25)(H,24,26). The molecule has 0 saturated carbocycles. The zero-order chi connectivity index (χ0) is 18.7. The van der Waals surface area contributed by atoms with Crippen LogP contribution in [0.1, 0.15) is 28.4 Å². The van der Waals surface area contributed by atoms with Crippen LogP contribution in [0.4, 0.5) is 8.78 Å². The van der Waals surface area contributed by atoms with E-state index in [-0.39, 0.29) is 16.6 Å². The zero-order valence-electron chi connectivity index (χ0n) is 13.4. The first-order chi connectivity index (χ1) is 12.5. The van der Waals surface area contributed by atoms with E-state index in [1.165, 1.54) is 0 Å². The van der Waals surface area contributed by atoms with Crippen molar-refractivity contribution in [2.24, 2.45) is 0 Å². The predicted octanol–water partition coefficient (Wildman–Crippen LogP) is 1.99. The molecule has 2 amide bonds. The molecule has 9 heteroatoms. The van der Waals surface area contributed by atoms with Crippen molar-refractivity contribution >= 4 is 23.4 Å². The molecule has 0 spiro atoms. The molecule has 2 unspecified atom stereocenters. The van der Waals surface area contributed by atoms with Crippen LogP contribution in [-0.2, 0) is 4.79 Å². The number of hydrogen-bond acceptors (Lipinski definition) is 4. The van der Waals surface area contributed by atoms with E-state index in [9.17, 15) is 18.4 Å². The number of benzene rings is 2. The molecule has 0 aromatic heterocycles. The smallest absolute Gasteiger partial charge is 0.271 e. The minimum atomic E-state index is -1.21. The van der Waals surface area contributed by atoms with Crippen LogP contribution in [0.25, 0.3) is 0 Å². The summed E-state index contributed by atoms with van der Waals surface area (Å²) in [6.45, 7) is 0. The van der Waals surface area contributed by atoms with Gasteiger partial charge in [-0.3, -0.25) is 20.4 Å². The highest BCUT2D eigenvalue weighted by molar-refractivity contribution is 6.33. The number of rotatable bonds is 3. The van der Waals surface area contributed by atoms with Gasteiger partial charge < -0.3 is 0 Å². The second-order valence-corrected chi connectivity index (χ2v) is 6.14. The summed E-state index contributed by atoms with van der Waals surface area (Å²) in [5.41, 5.74) is 11.0. The Morgan fingerprint density at radius 3 is 2.46 bits per heavy atom. The first-order valence-electron chi connectivity index (χ1n) is 7.76. The van der Waals surface area contributed by atoms with E-state index in [0.29, 0.717) is 18.6 Å². The van der Waals surface area contributed by atoms with Crippen LogP contribution >= 0.6 is 11.6 Å². The van der Waals surface area contributed by atoms with Crippen molar-refractivity contribution in [3.8, 4) is 0 Å². The first-order valence-corrected chi connectivity index (χ1v) is 8.14. The Kier molecular flexibility index (Phi) is 5.46. The fraction of sp³-hybridized carbons (Fsp3) is 0.176. The fourth-order valence-electron chi connectivity index (χ4n) is 2.60. The molecule has 1 saturated heterocycles. The highest BCUT2D eigenvalue weighted by Gasteiger charge is 2.30. The molecule has 6 nitrogen and oxygen atoms in total. The number of carbonyl (C=O) groups excluding carboxylic acids is 2. The molecule has 26 heavy (non-hydrogen) atoms. The number of hydrazine groups is 2. The van der Waals surface area contributed by atoms with Crippen LogP contribution in [0.3, 0.4) is 0 Å². The molecule has 136 valence electrons. The third kappa shape index (κ3) is 3.98. The van der Waals surface area contributed by atoms with Gasteiger partial charge in [0.25, 0.3) is 11.8 Å². The minimum absolute atomic E-state index is 0.0525. The fourth-order valence-corrected chi connectivity index (χ4v) is 2.84. The Hall–Kier alpha value is -2.55. The Morgan fingerprint density at radius 1 is 1.04 bits per heavy atom. The lowest BCUT2D eigenvalue weighted by Gasteiger charge is -2.12. The summed E-state index contributed by atoms with van der Waals surface area (Å²) in [5, 5.41) is -0.263. The number of carbonyl (C=O) groups is 2. The van der Waals surface area contributed by atoms with Crippen LogP contribution in [0, 0.1) is 11.6 Å². The average molecular weight is 381 g/mol. The molecule has 0 bridgehead atoms. The Bertz CT molecular complexity index is 835. The van der Waals surface area contributed by atoms with Gasteiger partial charge in [-0.15, -0.1) is 0 Å². The summed E-state index contributed by atoms with van der Waals surface area (Å²) in [6.07, 6.45) is 0.470. The van der Waals surface area contributed by atoms with Gasteiger partial charge in [0.05, 0.1) is 10.6 Å². The van der Waals surface area contributed by atoms with Gasteiger partial charge in [-0.25, -0.2) is 19.6 Å². The second-order valence-electron chi connectivity index (χ2n) is 5.73. The molecule has 2 aromatic carbocycles. The Balaban J connectivity index is 1.56. The van der Waals surface area contributed by atoms with Gasteiger partial charge in [0.2, 0.25) is 0 Å². The van der Waals surface area contributed by atoms with Crippen molar-refractivity contribution in [2.75, 3.05) is 0 Å². The first kappa shape index (κ1) is 18.2. The molecular weight excluding hydrogens is 366 g/mol. The highest BCUT2D eigenvalue weighted by Crippen LogP contribution is 2.22. The third-order valence-electron chi connectivity index (χ3n) is 3.98. The van der Waals surface area contributed by atoms with Crippen LogP contribution in [-0.4, -0.2) is 17.9 Å². The molecule has 0 aliphatic carbocycles. The number of amides is 2. The Morgan fingerprint density at radius 2 is 1.73 bits per heavy atom. The van der Waals surface area contributed by atoms with Gasteiger partial charge >= 0.3 is 0 Å². The van der Waals surface area contributed by atoms with Gasteiger partial charge in [0, 0.05) is 6.04 Å². The predicted molar refractivity (Wildman–Crippen MR) is 90.8 cm³/mol. The minimum Gasteiger partial charge on any atom is -0.271 e. The van der Waals surface area contributed by atoms with Crippen LogP contribution in [0.2, 0.25) is 5.02 Å². The van der Waals surface area contributed by atoms with Crippen molar-refractivity contribution in [1.82, 2.24) is 21.7 Å². The van der Waals surface area contributed by atoms with Gasteiger partial charge in [0.15, 0.2) is 11.6 Å². The van der Waals surface area contributed by atoms with Gasteiger partial charge in [-0.1, -0.05) is 41.9 Å². The van der Waals surface area contributed by atoms with Crippen molar-refractivity contribution in [3.05, 3.63) is 70.2 Å². The van der Waals surface area contributed by atoms with E-state index in [0.717, 1.165) is 5.56 Å². The zero-order valence-corrected chi connectivity index (χ0v) is 14.1. The molecule has 1 fully saturated rings. The highest BCUT2D eigenvalue weighted by atomic mass is 35.5. The van der Waals surface area contributed by atoms with Crippen LogP contribution < -0.4 is 21.7 Å². The molecule has 1 heterocycles. The largest absolute Gasteiger partial charge is 0.271 e. The lowest BCUT2D eigenvalue weighted by atomic mass is 10.0. The maximum Gasteiger partial charge on any atom is 0.271 e.